The van der Waals surface area contributed by atoms with Gasteiger partial charge in [0.05, 0.1) is 12.2 Å². The minimum atomic E-state index is -0.757. The number of amides is 2. The molecule has 3 aromatic carbocycles. The van der Waals surface area contributed by atoms with Crippen molar-refractivity contribution in [2.45, 2.75) is 6.04 Å². The molecule has 0 aliphatic rings. The van der Waals surface area contributed by atoms with Crippen molar-refractivity contribution in [3.05, 3.63) is 90.5 Å². The zero-order chi connectivity index (χ0) is 21.3. The van der Waals surface area contributed by atoms with Gasteiger partial charge in [-0.1, -0.05) is 60.7 Å². The Kier molecular flexibility index (Phi) is 7.05. The van der Waals surface area contributed by atoms with Gasteiger partial charge in [-0.05, 0) is 29.8 Å². The highest BCUT2D eigenvalue weighted by atomic mass is 16.5. The third-order valence-corrected chi connectivity index (χ3v) is 4.58. The molecule has 0 aliphatic heterocycles. The summed E-state index contributed by atoms with van der Waals surface area (Å²) < 4.78 is 5.98. The minimum absolute atomic E-state index is 0.0650. The average Bonchev–Trinajstić information content (AvgIpc) is 2.78. The smallest absolute Gasteiger partial charge is 0.246 e. The molecule has 1 atom stereocenters. The van der Waals surface area contributed by atoms with E-state index < -0.39 is 6.04 Å². The molecule has 0 aliphatic carbocycles. The van der Waals surface area contributed by atoms with Gasteiger partial charge in [-0.2, -0.15) is 0 Å². The molecule has 0 bridgehead atoms. The van der Waals surface area contributed by atoms with Gasteiger partial charge in [-0.3, -0.25) is 9.59 Å². The van der Waals surface area contributed by atoms with Crippen LogP contribution >= 0.6 is 0 Å². The Morgan fingerprint density at radius 1 is 0.900 bits per heavy atom. The predicted octanol–water partition coefficient (Wildman–Crippen LogP) is 3.52. The van der Waals surface area contributed by atoms with E-state index in [9.17, 15) is 9.59 Å². The second kappa shape index (κ2) is 10.1. The molecule has 6 heteroatoms. The molecule has 2 N–H and O–H groups in total. The number of nitrogens with one attached hydrogen (secondary N) is 2. The summed E-state index contributed by atoms with van der Waals surface area (Å²) in [7, 11) is 3.36. The molecular formula is C24H25N3O3. The molecule has 0 aromatic heterocycles. The van der Waals surface area contributed by atoms with E-state index >= 15 is 0 Å². The predicted molar refractivity (Wildman–Crippen MR) is 118 cm³/mol. The van der Waals surface area contributed by atoms with Crippen LogP contribution in [0.1, 0.15) is 11.6 Å². The Morgan fingerprint density at radius 3 is 2.17 bits per heavy atom. The fourth-order valence-corrected chi connectivity index (χ4v) is 3.07. The maximum atomic E-state index is 12.7. The van der Waals surface area contributed by atoms with Gasteiger partial charge in [0.1, 0.15) is 11.8 Å². The summed E-state index contributed by atoms with van der Waals surface area (Å²) in [6.07, 6.45) is 0. The molecule has 1 unspecified atom stereocenters. The van der Waals surface area contributed by atoms with E-state index in [1.54, 1.807) is 11.9 Å². The van der Waals surface area contributed by atoms with Gasteiger partial charge < -0.3 is 20.3 Å². The first-order chi connectivity index (χ1) is 14.6. The maximum absolute atomic E-state index is 12.7. The van der Waals surface area contributed by atoms with Gasteiger partial charge in [0.2, 0.25) is 11.8 Å². The van der Waals surface area contributed by atoms with E-state index in [4.69, 9.17) is 4.74 Å². The number of para-hydroxylation sites is 3. The highest BCUT2D eigenvalue weighted by Crippen LogP contribution is 2.31. The van der Waals surface area contributed by atoms with Crippen LogP contribution in [0.2, 0.25) is 0 Å². The quantitative estimate of drug-likeness (QED) is 0.604. The largest absolute Gasteiger partial charge is 0.455 e. The number of benzene rings is 3. The Labute approximate surface area is 176 Å². The van der Waals surface area contributed by atoms with Crippen molar-refractivity contribution in [3.63, 3.8) is 0 Å². The molecule has 6 nitrogen and oxygen atoms in total. The van der Waals surface area contributed by atoms with Crippen molar-refractivity contribution in [2.24, 2.45) is 0 Å². The summed E-state index contributed by atoms with van der Waals surface area (Å²) in [5, 5.41) is 5.42. The molecular weight excluding hydrogens is 378 g/mol. The first-order valence-electron chi connectivity index (χ1n) is 9.67. The first kappa shape index (κ1) is 20.9. The zero-order valence-electron chi connectivity index (χ0n) is 17.0. The highest BCUT2D eigenvalue weighted by molar-refractivity contribution is 5.90. The molecule has 0 radical (unpaired) electrons. The third kappa shape index (κ3) is 5.38. The van der Waals surface area contributed by atoms with Gasteiger partial charge in [-0.15, -0.1) is 0 Å². The summed E-state index contributed by atoms with van der Waals surface area (Å²) in [6.45, 7) is 0.0650. The number of rotatable bonds is 8. The molecule has 2 amide bonds. The van der Waals surface area contributed by atoms with Crippen LogP contribution < -0.4 is 20.3 Å². The Balaban J connectivity index is 1.71. The Bertz CT molecular complexity index is 977. The van der Waals surface area contributed by atoms with E-state index in [-0.39, 0.29) is 18.4 Å². The first-order valence-corrected chi connectivity index (χ1v) is 9.67. The number of ether oxygens (including phenoxy) is 1. The molecule has 154 valence electrons. The average molecular weight is 403 g/mol. The van der Waals surface area contributed by atoms with E-state index in [1.807, 2.05) is 92.0 Å². The maximum Gasteiger partial charge on any atom is 0.246 e. The van der Waals surface area contributed by atoms with Gasteiger partial charge in [0, 0.05) is 14.1 Å². The number of nitrogens with zero attached hydrogens (tertiary/aromatic N) is 1. The van der Waals surface area contributed by atoms with Gasteiger partial charge >= 0.3 is 0 Å². The molecule has 0 saturated heterocycles. The lowest BCUT2D eigenvalue weighted by molar-refractivity contribution is -0.128. The van der Waals surface area contributed by atoms with Crippen LogP contribution in [-0.2, 0) is 9.59 Å². The molecule has 0 heterocycles. The van der Waals surface area contributed by atoms with Gasteiger partial charge in [0.15, 0.2) is 5.75 Å². The Hall–Kier alpha value is -3.80. The van der Waals surface area contributed by atoms with Crippen LogP contribution in [0, 0.1) is 0 Å². The standard InChI is InChI=1S/C24H25N3O3/c1-25-24(29)23(18-11-5-3-6-12-18)26-22(28)17-27(2)20-15-9-10-16-21(20)30-19-13-7-4-8-14-19/h3-16,23H,17H2,1-2H3,(H,25,29)(H,26,28). The van der Waals surface area contributed by atoms with E-state index in [1.165, 1.54) is 0 Å². The van der Waals surface area contributed by atoms with Crippen LogP contribution in [0.15, 0.2) is 84.9 Å². The van der Waals surface area contributed by atoms with Crippen molar-refractivity contribution in [1.82, 2.24) is 10.6 Å². The third-order valence-electron chi connectivity index (χ3n) is 4.58. The highest BCUT2D eigenvalue weighted by Gasteiger charge is 2.22. The molecule has 3 rings (SSSR count). The fraction of sp³-hybridized carbons (Fsp3) is 0.167. The van der Waals surface area contributed by atoms with Crippen LogP contribution in [0.5, 0.6) is 11.5 Å². The van der Waals surface area contributed by atoms with E-state index in [0.29, 0.717) is 11.5 Å². The number of carbonyl (C=O) groups excluding carboxylic acids is 2. The van der Waals surface area contributed by atoms with Crippen molar-refractivity contribution >= 4 is 17.5 Å². The van der Waals surface area contributed by atoms with Crippen LogP contribution in [0.25, 0.3) is 0 Å². The van der Waals surface area contributed by atoms with E-state index in [2.05, 4.69) is 10.6 Å². The minimum Gasteiger partial charge on any atom is -0.455 e. The van der Waals surface area contributed by atoms with Crippen LogP contribution in [0.3, 0.4) is 0 Å². The summed E-state index contributed by atoms with van der Waals surface area (Å²) >= 11 is 0. The van der Waals surface area contributed by atoms with Crippen LogP contribution in [-0.4, -0.2) is 32.5 Å². The number of carbonyl (C=O) groups is 2. The summed E-state index contributed by atoms with van der Waals surface area (Å²) in [6, 6.07) is 25.4. The number of hydrogen-bond acceptors (Lipinski definition) is 4. The summed E-state index contributed by atoms with van der Waals surface area (Å²) in [5.74, 6) is 0.811. The topological polar surface area (TPSA) is 70.7 Å². The summed E-state index contributed by atoms with van der Waals surface area (Å²) in [5.41, 5.74) is 1.49. The molecule has 30 heavy (non-hydrogen) atoms. The lowest BCUT2D eigenvalue weighted by atomic mass is 10.1. The molecule has 3 aromatic rings. The van der Waals surface area contributed by atoms with E-state index in [0.717, 1.165) is 11.3 Å². The molecule has 0 spiro atoms. The van der Waals surface area contributed by atoms with Crippen molar-refractivity contribution < 1.29 is 14.3 Å². The molecule has 0 saturated carbocycles. The lowest BCUT2D eigenvalue weighted by Gasteiger charge is -2.24. The van der Waals surface area contributed by atoms with Crippen molar-refractivity contribution in [3.8, 4) is 11.5 Å². The monoisotopic (exact) mass is 403 g/mol. The second-order valence-electron chi connectivity index (χ2n) is 6.76. The van der Waals surface area contributed by atoms with Gasteiger partial charge in [0.25, 0.3) is 0 Å². The van der Waals surface area contributed by atoms with Crippen LogP contribution in [0.4, 0.5) is 5.69 Å². The second-order valence-corrected chi connectivity index (χ2v) is 6.76. The van der Waals surface area contributed by atoms with Crippen molar-refractivity contribution in [2.75, 3.05) is 25.5 Å². The molecule has 0 fully saturated rings. The normalized spacial score (nSPS) is 11.3. The Morgan fingerprint density at radius 2 is 1.50 bits per heavy atom. The summed E-state index contributed by atoms with van der Waals surface area (Å²) in [4.78, 5) is 26.8. The lowest BCUT2D eigenvalue weighted by Crippen LogP contribution is -2.43. The fourth-order valence-electron chi connectivity index (χ4n) is 3.07. The number of hydrogen-bond donors (Lipinski definition) is 2. The SMILES string of the molecule is CNC(=O)C(NC(=O)CN(C)c1ccccc1Oc1ccccc1)c1ccccc1. The van der Waals surface area contributed by atoms with Gasteiger partial charge in [-0.25, -0.2) is 0 Å². The number of anilines is 1. The number of likely N-dealkylation sites (N-methyl/N-ethyl adjacent to an activating group) is 2. The van der Waals surface area contributed by atoms with Crippen molar-refractivity contribution in [1.29, 1.82) is 0 Å². The zero-order valence-corrected chi connectivity index (χ0v) is 17.0.